The van der Waals surface area contributed by atoms with Gasteiger partial charge in [0.2, 0.25) is 5.95 Å². The van der Waals surface area contributed by atoms with Crippen molar-refractivity contribution in [2.45, 2.75) is 18.8 Å². The van der Waals surface area contributed by atoms with E-state index in [1.54, 1.807) is 23.1 Å². The Kier molecular flexibility index (Phi) is 3.65. The molecule has 0 amide bonds. The SMILES string of the molecule is N#Cc1cccc(-c2nc(Nc3n[nH]c(C4CC4)n3)sc2-n2cncn2)c1. The zero-order valence-corrected chi connectivity index (χ0v) is 14.8. The number of nitriles is 1. The van der Waals surface area contributed by atoms with E-state index in [1.165, 1.54) is 17.7 Å². The van der Waals surface area contributed by atoms with Gasteiger partial charge in [0, 0.05) is 11.5 Å². The topological polar surface area (TPSA) is 121 Å². The molecular weight excluding hydrogens is 362 g/mol. The van der Waals surface area contributed by atoms with Crippen LogP contribution in [-0.2, 0) is 0 Å². The first-order chi connectivity index (χ1) is 13.3. The number of hydrogen-bond acceptors (Lipinski definition) is 8. The van der Waals surface area contributed by atoms with Crippen LogP contribution in [0.1, 0.15) is 30.1 Å². The van der Waals surface area contributed by atoms with Crippen molar-refractivity contribution < 1.29 is 0 Å². The number of aromatic nitrogens is 7. The fourth-order valence-electron chi connectivity index (χ4n) is 2.72. The Labute approximate surface area is 157 Å². The molecule has 1 aromatic carbocycles. The molecule has 1 fully saturated rings. The van der Waals surface area contributed by atoms with Crippen molar-refractivity contribution in [3.05, 3.63) is 48.3 Å². The van der Waals surface area contributed by atoms with E-state index < -0.39 is 0 Å². The zero-order valence-electron chi connectivity index (χ0n) is 14.0. The minimum atomic E-state index is 0.494. The number of nitrogens with one attached hydrogen (secondary N) is 2. The Morgan fingerprint density at radius 3 is 3.00 bits per heavy atom. The summed E-state index contributed by atoms with van der Waals surface area (Å²) in [7, 11) is 0. The molecule has 5 rings (SSSR count). The summed E-state index contributed by atoms with van der Waals surface area (Å²) in [5.41, 5.74) is 2.11. The molecule has 0 bridgehead atoms. The highest BCUT2D eigenvalue weighted by atomic mass is 32.1. The first kappa shape index (κ1) is 15.7. The van der Waals surface area contributed by atoms with Crippen LogP contribution in [0.2, 0.25) is 0 Å². The Hall–Kier alpha value is -3.58. The molecule has 1 aliphatic carbocycles. The second-order valence-electron chi connectivity index (χ2n) is 6.15. The zero-order chi connectivity index (χ0) is 18.2. The third-order valence-corrected chi connectivity index (χ3v) is 5.15. The number of rotatable bonds is 5. The summed E-state index contributed by atoms with van der Waals surface area (Å²) in [5.74, 6) is 1.90. The van der Waals surface area contributed by atoms with Crippen molar-refractivity contribution >= 4 is 22.4 Å². The van der Waals surface area contributed by atoms with Gasteiger partial charge in [0.15, 0.2) is 5.13 Å². The van der Waals surface area contributed by atoms with Crippen molar-refractivity contribution in [3.8, 4) is 22.3 Å². The molecule has 3 aromatic heterocycles. The molecule has 0 spiro atoms. The number of anilines is 2. The third-order valence-electron chi connectivity index (χ3n) is 4.19. The summed E-state index contributed by atoms with van der Waals surface area (Å²) >= 11 is 1.42. The van der Waals surface area contributed by atoms with E-state index in [2.05, 4.69) is 36.7 Å². The second kappa shape index (κ2) is 6.30. The van der Waals surface area contributed by atoms with Crippen LogP contribution in [-0.4, -0.2) is 34.9 Å². The number of aromatic amines is 1. The van der Waals surface area contributed by atoms with E-state index in [0.29, 0.717) is 28.3 Å². The summed E-state index contributed by atoms with van der Waals surface area (Å²) in [5, 5.41) is 25.2. The van der Waals surface area contributed by atoms with Crippen molar-refractivity contribution in [2.75, 3.05) is 5.32 Å². The largest absolute Gasteiger partial charge is 0.299 e. The summed E-state index contributed by atoms with van der Waals surface area (Å²) in [6.45, 7) is 0. The van der Waals surface area contributed by atoms with Crippen molar-refractivity contribution in [1.29, 1.82) is 5.26 Å². The molecule has 3 heterocycles. The predicted octanol–water partition coefficient (Wildman–Crippen LogP) is 3.00. The molecule has 0 atom stereocenters. The fourth-order valence-corrected chi connectivity index (χ4v) is 3.63. The number of hydrogen-bond donors (Lipinski definition) is 2. The van der Waals surface area contributed by atoms with Gasteiger partial charge in [-0.2, -0.15) is 15.3 Å². The molecule has 2 N–H and O–H groups in total. The van der Waals surface area contributed by atoms with E-state index in [-0.39, 0.29) is 0 Å². The fraction of sp³-hybridized carbons (Fsp3) is 0.176. The number of H-pyrrole nitrogens is 1. The van der Waals surface area contributed by atoms with E-state index in [4.69, 9.17) is 4.98 Å². The maximum atomic E-state index is 9.19. The van der Waals surface area contributed by atoms with E-state index in [1.807, 2.05) is 12.1 Å². The molecule has 0 unspecified atom stereocenters. The smallest absolute Gasteiger partial charge is 0.248 e. The number of nitrogens with zero attached hydrogens (tertiary/aromatic N) is 7. The monoisotopic (exact) mass is 375 g/mol. The summed E-state index contributed by atoms with van der Waals surface area (Å²) in [6.07, 6.45) is 5.40. The first-order valence-electron chi connectivity index (χ1n) is 8.36. The molecule has 9 nitrogen and oxygen atoms in total. The molecule has 1 aliphatic rings. The first-order valence-corrected chi connectivity index (χ1v) is 9.17. The van der Waals surface area contributed by atoms with Crippen molar-refractivity contribution in [2.24, 2.45) is 0 Å². The minimum Gasteiger partial charge on any atom is -0.299 e. The van der Waals surface area contributed by atoms with E-state index in [0.717, 1.165) is 29.2 Å². The summed E-state index contributed by atoms with van der Waals surface area (Å²) < 4.78 is 1.66. The van der Waals surface area contributed by atoms with Gasteiger partial charge < -0.3 is 0 Å². The van der Waals surface area contributed by atoms with Gasteiger partial charge in [-0.3, -0.25) is 10.4 Å². The average Bonchev–Trinajstić information content (AvgIpc) is 3.11. The van der Waals surface area contributed by atoms with Gasteiger partial charge >= 0.3 is 0 Å². The van der Waals surface area contributed by atoms with Crippen LogP contribution in [0.5, 0.6) is 0 Å². The second-order valence-corrected chi connectivity index (χ2v) is 7.13. The van der Waals surface area contributed by atoms with Crippen LogP contribution >= 0.6 is 11.3 Å². The molecule has 10 heteroatoms. The normalized spacial score (nSPS) is 13.4. The molecule has 4 aromatic rings. The van der Waals surface area contributed by atoms with Crippen molar-refractivity contribution in [1.82, 2.24) is 34.9 Å². The lowest BCUT2D eigenvalue weighted by atomic mass is 10.1. The van der Waals surface area contributed by atoms with Crippen LogP contribution in [0.15, 0.2) is 36.9 Å². The summed E-state index contributed by atoms with van der Waals surface area (Å²) in [6, 6.07) is 9.47. The van der Waals surface area contributed by atoms with Gasteiger partial charge in [0.25, 0.3) is 0 Å². The van der Waals surface area contributed by atoms with E-state index in [9.17, 15) is 5.26 Å². The van der Waals surface area contributed by atoms with E-state index >= 15 is 0 Å². The molecule has 27 heavy (non-hydrogen) atoms. The molecular formula is C17H13N9S. The molecule has 0 radical (unpaired) electrons. The Morgan fingerprint density at radius 1 is 1.30 bits per heavy atom. The lowest BCUT2D eigenvalue weighted by Crippen LogP contribution is -1.94. The maximum absolute atomic E-state index is 9.19. The lowest BCUT2D eigenvalue weighted by Gasteiger charge is -2.01. The van der Waals surface area contributed by atoms with Crippen LogP contribution < -0.4 is 5.32 Å². The summed E-state index contributed by atoms with van der Waals surface area (Å²) in [4.78, 5) is 13.2. The van der Waals surface area contributed by atoms with Gasteiger partial charge in [-0.15, -0.1) is 5.10 Å². The molecule has 0 aliphatic heterocycles. The Bertz CT molecular complexity index is 1130. The maximum Gasteiger partial charge on any atom is 0.248 e. The standard InChI is InChI=1S/C17H13N9S/c18-7-10-2-1-3-12(6-10)13-15(26-9-19-8-20-26)27-17(21-13)23-16-22-14(24-25-16)11-4-5-11/h1-3,6,8-9,11H,4-5H2,(H2,21,22,23,24,25). The molecule has 0 saturated heterocycles. The van der Waals surface area contributed by atoms with Crippen molar-refractivity contribution in [3.63, 3.8) is 0 Å². The average molecular weight is 375 g/mol. The van der Waals surface area contributed by atoms with Gasteiger partial charge in [-0.1, -0.05) is 23.5 Å². The highest BCUT2D eigenvalue weighted by molar-refractivity contribution is 7.18. The van der Waals surface area contributed by atoms with Crippen LogP contribution in [0.25, 0.3) is 16.3 Å². The van der Waals surface area contributed by atoms with Gasteiger partial charge in [-0.25, -0.2) is 14.6 Å². The van der Waals surface area contributed by atoms with Gasteiger partial charge in [0.1, 0.15) is 29.2 Å². The van der Waals surface area contributed by atoms with Gasteiger partial charge in [0.05, 0.1) is 11.6 Å². The quantitative estimate of drug-likeness (QED) is 0.550. The minimum absolute atomic E-state index is 0.494. The Balaban J connectivity index is 1.53. The highest BCUT2D eigenvalue weighted by Crippen LogP contribution is 2.39. The number of thiazole rings is 1. The number of benzene rings is 1. The van der Waals surface area contributed by atoms with Gasteiger partial charge in [-0.05, 0) is 25.0 Å². The molecule has 132 valence electrons. The lowest BCUT2D eigenvalue weighted by molar-refractivity contribution is 0.895. The molecule has 1 saturated carbocycles. The van der Waals surface area contributed by atoms with Crippen LogP contribution in [0.4, 0.5) is 11.1 Å². The third kappa shape index (κ3) is 3.04. The Morgan fingerprint density at radius 2 is 2.22 bits per heavy atom. The predicted molar refractivity (Wildman–Crippen MR) is 98.8 cm³/mol. The van der Waals surface area contributed by atoms with Crippen LogP contribution in [0.3, 0.4) is 0 Å². The highest BCUT2D eigenvalue weighted by Gasteiger charge is 2.27. The van der Waals surface area contributed by atoms with Crippen LogP contribution in [0, 0.1) is 11.3 Å².